The number of pyridine rings is 1. The minimum atomic E-state index is -0.230. The average molecular weight is 277 g/mol. The van der Waals surface area contributed by atoms with Crippen molar-refractivity contribution in [1.29, 1.82) is 0 Å². The molecule has 0 bridgehead atoms. The highest BCUT2D eigenvalue weighted by Gasteiger charge is 2.27. The zero-order valence-electron chi connectivity index (χ0n) is 12.8. The molecule has 112 valence electrons. The molecule has 1 saturated heterocycles. The van der Waals surface area contributed by atoms with Gasteiger partial charge >= 0.3 is 0 Å². The van der Waals surface area contributed by atoms with Gasteiger partial charge in [0.15, 0.2) is 0 Å². The van der Waals surface area contributed by atoms with Crippen LogP contribution in [0, 0.1) is 11.8 Å². The van der Waals surface area contributed by atoms with Crippen LogP contribution in [0.2, 0.25) is 0 Å². The van der Waals surface area contributed by atoms with Crippen LogP contribution in [0.15, 0.2) is 18.3 Å². The Hall–Kier alpha value is -1.13. The maximum Gasteiger partial charge on any atom is 0.133 e. The fraction of sp³-hybridized carbons (Fsp3) is 0.688. The molecule has 1 aliphatic rings. The second kappa shape index (κ2) is 7.04. The first-order valence-electron chi connectivity index (χ1n) is 7.65. The molecule has 0 aliphatic carbocycles. The molecular formula is C16H27N3O. The monoisotopic (exact) mass is 277 g/mol. The maximum atomic E-state index is 9.73. The van der Waals surface area contributed by atoms with Gasteiger partial charge in [0.1, 0.15) is 5.82 Å². The van der Waals surface area contributed by atoms with E-state index in [9.17, 15) is 5.11 Å². The smallest absolute Gasteiger partial charge is 0.133 e. The summed E-state index contributed by atoms with van der Waals surface area (Å²) in [5.74, 6) is 2.10. The Morgan fingerprint density at radius 3 is 2.90 bits per heavy atom. The first-order chi connectivity index (χ1) is 9.58. The molecule has 0 amide bonds. The zero-order valence-corrected chi connectivity index (χ0v) is 12.8. The predicted molar refractivity (Wildman–Crippen MR) is 82.8 cm³/mol. The third kappa shape index (κ3) is 3.93. The van der Waals surface area contributed by atoms with E-state index >= 15 is 0 Å². The Kier molecular flexibility index (Phi) is 5.38. The minimum Gasteiger partial charge on any atom is -0.393 e. The minimum absolute atomic E-state index is 0.230. The topological polar surface area (TPSA) is 48.4 Å². The van der Waals surface area contributed by atoms with Crippen LogP contribution in [0.4, 0.5) is 5.82 Å². The summed E-state index contributed by atoms with van der Waals surface area (Å²) in [5.41, 5.74) is 1.25. The average Bonchev–Trinajstić information content (AvgIpc) is 2.88. The second-order valence-electron chi connectivity index (χ2n) is 6.25. The fourth-order valence-electron chi connectivity index (χ4n) is 2.72. The highest BCUT2D eigenvalue weighted by atomic mass is 16.3. The van der Waals surface area contributed by atoms with Gasteiger partial charge in [-0.15, -0.1) is 0 Å². The SMILES string of the molecule is CC(C)CNCc1cccnc1N1CCC(C(C)O)C1. The molecule has 1 aromatic rings. The van der Waals surface area contributed by atoms with E-state index in [4.69, 9.17) is 0 Å². The number of aromatic nitrogens is 1. The first-order valence-corrected chi connectivity index (χ1v) is 7.65. The Bertz CT molecular complexity index is 420. The van der Waals surface area contributed by atoms with E-state index in [2.05, 4.69) is 35.1 Å². The second-order valence-corrected chi connectivity index (χ2v) is 6.25. The molecule has 1 aromatic heterocycles. The van der Waals surface area contributed by atoms with Gasteiger partial charge in [0.2, 0.25) is 0 Å². The van der Waals surface area contributed by atoms with E-state index in [1.54, 1.807) is 0 Å². The summed E-state index contributed by atoms with van der Waals surface area (Å²) in [6, 6.07) is 4.14. The molecule has 2 rings (SSSR count). The van der Waals surface area contributed by atoms with Crippen LogP contribution >= 0.6 is 0 Å². The van der Waals surface area contributed by atoms with Crippen LogP contribution in [-0.2, 0) is 6.54 Å². The van der Waals surface area contributed by atoms with Crippen molar-refractivity contribution in [3.8, 4) is 0 Å². The normalized spacial score (nSPS) is 20.6. The van der Waals surface area contributed by atoms with Gasteiger partial charge in [0.25, 0.3) is 0 Å². The summed E-state index contributed by atoms with van der Waals surface area (Å²) in [6.07, 6.45) is 2.68. The van der Waals surface area contributed by atoms with Gasteiger partial charge in [0.05, 0.1) is 6.10 Å². The molecule has 1 fully saturated rings. The molecule has 0 aromatic carbocycles. The summed E-state index contributed by atoms with van der Waals surface area (Å²) in [4.78, 5) is 6.87. The molecule has 20 heavy (non-hydrogen) atoms. The molecule has 2 heterocycles. The molecule has 2 N–H and O–H groups in total. The maximum absolute atomic E-state index is 9.73. The van der Waals surface area contributed by atoms with Crippen molar-refractivity contribution in [2.24, 2.45) is 11.8 Å². The number of anilines is 1. The largest absolute Gasteiger partial charge is 0.393 e. The first kappa shape index (κ1) is 15.3. The van der Waals surface area contributed by atoms with Crippen molar-refractivity contribution in [2.45, 2.75) is 39.8 Å². The molecule has 4 nitrogen and oxygen atoms in total. The Labute approximate surface area is 122 Å². The van der Waals surface area contributed by atoms with Gasteiger partial charge in [-0.2, -0.15) is 0 Å². The number of nitrogens with one attached hydrogen (secondary N) is 1. The third-order valence-corrected chi connectivity index (χ3v) is 3.94. The van der Waals surface area contributed by atoms with Crippen molar-refractivity contribution in [3.05, 3.63) is 23.9 Å². The van der Waals surface area contributed by atoms with Gasteiger partial charge in [-0.1, -0.05) is 19.9 Å². The molecule has 0 radical (unpaired) electrons. The quantitative estimate of drug-likeness (QED) is 0.835. The molecule has 2 atom stereocenters. The summed E-state index contributed by atoms with van der Waals surface area (Å²) < 4.78 is 0. The molecule has 4 heteroatoms. The van der Waals surface area contributed by atoms with E-state index in [0.29, 0.717) is 11.8 Å². The third-order valence-electron chi connectivity index (χ3n) is 3.94. The van der Waals surface area contributed by atoms with E-state index in [1.807, 2.05) is 19.2 Å². The van der Waals surface area contributed by atoms with Crippen LogP contribution < -0.4 is 10.2 Å². The van der Waals surface area contributed by atoms with Crippen LogP contribution in [0.3, 0.4) is 0 Å². The van der Waals surface area contributed by atoms with E-state index in [-0.39, 0.29) is 6.10 Å². The lowest BCUT2D eigenvalue weighted by Crippen LogP contribution is -2.27. The lowest BCUT2D eigenvalue weighted by molar-refractivity contribution is 0.136. The summed E-state index contributed by atoms with van der Waals surface area (Å²) >= 11 is 0. The Morgan fingerprint density at radius 1 is 1.45 bits per heavy atom. The lowest BCUT2D eigenvalue weighted by Gasteiger charge is -2.21. The van der Waals surface area contributed by atoms with Crippen LogP contribution in [0.5, 0.6) is 0 Å². The van der Waals surface area contributed by atoms with Crippen molar-refractivity contribution >= 4 is 5.82 Å². The summed E-state index contributed by atoms with van der Waals surface area (Å²) in [7, 11) is 0. The zero-order chi connectivity index (χ0) is 14.5. The number of aliphatic hydroxyl groups is 1. The Morgan fingerprint density at radius 2 is 2.25 bits per heavy atom. The van der Waals surface area contributed by atoms with Crippen molar-refractivity contribution in [1.82, 2.24) is 10.3 Å². The standard InChI is InChI=1S/C16H27N3O/c1-12(2)9-17-10-14-5-4-7-18-16(14)19-8-6-15(11-19)13(3)20/h4-5,7,12-13,15,17,20H,6,8-11H2,1-3H3. The van der Waals surface area contributed by atoms with Gasteiger partial charge < -0.3 is 15.3 Å². The highest BCUT2D eigenvalue weighted by molar-refractivity contribution is 5.47. The molecule has 0 saturated carbocycles. The predicted octanol–water partition coefficient (Wildman–Crippen LogP) is 2.03. The van der Waals surface area contributed by atoms with E-state index in [1.165, 1.54) is 5.56 Å². The fourth-order valence-corrected chi connectivity index (χ4v) is 2.72. The van der Waals surface area contributed by atoms with Crippen LogP contribution in [0.25, 0.3) is 0 Å². The van der Waals surface area contributed by atoms with Gasteiger partial charge in [-0.05, 0) is 31.9 Å². The molecular weight excluding hydrogens is 250 g/mol. The number of nitrogens with zero attached hydrogens (tertiary/aromatic N) is 2. The van der Waals surface area contributed by atoms with Crippen molar-refractivity contribution in [2.75, 3.05) is 24.5 Å². The number of rotatable bonds is 6. The molecule has 1 aliphatic heterocycles. The lowest BCUT2D eigenvalue weighted by atomic mass is 10.0. The molecule has 0 spiro atoms. The Balaban J connectivity index is 2.01. The summed E-state index contributed by atoms with van der Waals surface area (Å²) in [6.45, 7) is 10.1. The van der Waals surface area contributed by atoms with Gasteiger partial charge in [0, 0.05) is 37.3 Å². The van der Waals surface area contributed by atoms with Gasteiger partial charge in [-0.25, -0.2) is 4.98 Å². The summed E-state index contributed by atoms with van der Waals surface area (Å²) in [5, 5.41) is 13.2. The van der Waals surface area contributed by atoms with Crippen LogP contribution in [-0.4, -0.2) is 35.8 Å². The van der Waals surface area contributed by atoms with E-state index < -0.39 is 0 Å². The highest BCUT2D eigenvalue weighted by Crippen LogP contribution is 2.26. The molecule has 2 unspecified atom stereocenters. The van der Waals surface area contributed by atoms with E-state index in [0.717, 1.165) is 38.4 Å². The number of hydrogen-bond donors (Lipinski definition) is 2. The van der Waals surface area contributed by atoms with Gasteiger partial charge in [-0.3, -0.25) is 0 Å². The van der Waals surface area contributed by atoms with Crippen LogP contribution in [0.1, 0.15) is 32.8 Å². The van der Waals surface area contributed by atoms with Crippen molar-refractivity contribution in [3.63, 3.8) is 0 Å². The van der Waals surface area contributed by atoms with Crippen molar-refractivity contribution < 1.29 is 5.11 Å². The number of aliphatic hydroxyl groups excluding tert-OH is 1. The number of hydrogen-bond acceptors (Lipinski definition) is 4.